The van der Waals surface area contributed by atoms with Gasteiger partial charge in [0.1, 0.15) is 11.3 Å². The summed E-state index contributed by atoms with van der Waals surface area (Å²) in [5.74, 6) is 0.745. The van der Waals surface area contributed by atoms with Gasteiger partial charge in [-0.05, 0) is 55.2 Å². The van der Waals surface area contributed by atoms with Gasteiger partial charge >= 0.3 is 0 Å². The molecule has 1 unspecified atom stereocenters. The van der Waals surface area contributed by atoms with Crippen molar-refractivity contribution in [3.63, 3.8) is 0 Å². The molecule has 3 aromatic rings. The molecule has 2 fully saturated rings. The van der Waals surface area contributed by atoms with Crippen LogP contribution in [0.3, 0.4) is 0 Å². The zero-order valence-corrected chi connectivity index (χ0v) is 18.1. The Morgan fingerprint density at radius 1 is 1.23 bits per heavy atom. The number of hydrogen-bond donors (Lipinski definition) is 1. The van der Waals surface area contributed by atoms with Crippen molar-refractivity contribution >= 4 is 22.8 Å². The van der Waals surface area contributed by atoms with Gasteiger partial charge in [0, 0.05) is 32.1 Å². The maximum atomic E-state index is 12.9. The molecule has 1 aliphatic heterocycles. The van der Waals surface area contributed by atoms with Crippen LogP contribution in [0, 0.1) is 11.3 Å². The molecule has 31 heavy (non-hydrogen) atoms. The fourth-order valence-electron chi connectivity index (χ4n) is 4.95. The third-order valence-corrected chi connectivity index (χ3v) is 7.08. The Morgan fingerprint density at radius 2 is 2.00 bits per heavy atom. The number of nitrogens with one attached hydrogen (secondary N) is 1. The van der Waals surface area contributed by atoms with Crippen LogP contribution >= 0.6 is 0 Å². The first-order valence-electron chi connectivity index (χ1n) is 11.1. The van der Waals surface area contributed by atoms with Gasteiger partial charge in [-0.25, -0.2) is 0 Å². The monoisotopic (exact) mass is 420 g/mol. The highest BCUT2D eigenvalue weighted by atomic mass is 16.3. The Labute approximate surface area is 181 Å². The predicted octanol–water partition coefficient (Wildman–Crippen LogP) is 3.40. The summed E-state index contributed by atoms with van der Waals surface area (Å²) in [5.41, 5.74) is 2.60. The largest absolute Gasteiger partial charge is 0.451 e. The molecule has 2 aliphatic rings. The lowest BCUT2D eigenvalue weighted by Gasteiger charge is -2.33. The molecule has 5 rings (SSSR count). The van der Waals surface area contributed by atoms with Crippen LogP contribution in [0.4, 0.5) is 0 Å². The van der Waals surface area contributed by atoms with Gasteiger partial charge in [-0.2, -0.15) is 5.10 Å². The summed E-state index contributed by atoms with van der Waals surface area (Å²) in [4.78, 5) is 27.4. The van der Waals surface area contributed by atoms with E-state index in [4.69, 9.17) is 4.42 Å². The molecule has 2 amide bonds. The Morgan fingerprint density at radius 3 is 2.71 bits per heavy atom. The molecule has 162 valence electrons. The zero-order chi connectivity index (χ0) is 21.6. The number of para-hydroxylation sites is 1. The highest BCUT2D eigenvalue weighted by Gasteiger charge is 2.54. The molecule has 1 aromatic carbocycles. The fourth-order valence-corrected chi connectivity index (χ4v) is 4.95. The second-order valence-electron chi connectivity index (χ2n) is 8.91. The van der Waals surface area contributed by atoms with Crippen molar-refractivity contribution in [2.24, 2.45) is 18.4 Å². The Balaban J connectivity index is 1.14. The second-order valence-corrected chi connectivity index (χ2v) is 8.91. The van der Waals surface area contributed by atoms with Gasteiger partial charge in [-0.15, -0.1) is 0 Å². The average molecular weight is 421 g/mol. The Bertz CT molecular complexity index is 1100. The first kappa shape index (κ1) is 19.8. The van der Waals surface area contributed by atoms with E-state index in [1.807, 2.05) is 49.2 Å². The van der Waals surface area contributed by atoms with E-state index in [-0.39, 0.29) is 17.2 Å². The van der Waals surface area contributed by atoms with Crippen molar-refractivity contribution in [2.75, 3.05) is 19.6 Å². The molecule has 1 aliphatic carbocycles. The van der Waals surface area contributed by atoms with E-state index < -0.39 is 0 Å². The summed E-state index contributed by atoms with van der Waals surface area (Å²) in [6, 6.07) is 11.3. The number of carbonyl (C=O) groups excluding carboxylic acids is 2. The van der Waals surface area contributed by atoms with Crippen LogP contribution in [-0.4, -0.2) is 46.1 Å². The Hall–Kier alpha value is -3.09. The van der Waals surface area contributed by atoms with Crippen molar-refractivity contribution in [1.29, 1.82) is 0 Å². The lowest BCUT2D eigenvalue weighted by molar-refractivity contribution is 0.0657. The molecular weight excluding hydrogens is 392 g/mol. The molecule has 0 bridgehead atoms. The number of benzene rings is 1. The van der Waals surface area contributed by atoms with E-state index in [1.165, 1.54) is 0 Å². The highest BCUT2D eigenvalue weighted by Crippen LogP contribution is 2.59. The SMILES string of the molecule is CCc1cc(C(=O)N2CCC3(CC2)CC3CNC(=O)c2cc3ccccc3o2)n(C)n1. The van der Waals surface area contributed by atoms with Gasteiger partial charge in [0.15, 0.2) is 5.76 Å². The predicted molar refractivity (Wildman–Crippen MR) is 117 cm³/mol. The number of hydrogen-bond acceptors (Lipinski definition) is 4. The normalized spacial score (nSPS) is 19.7. The molecule has 1 N–H and O–H groups in total. The molecule has 2 aromatic heterocycles. The van der Waals surface area contributed by atoms with E-state index in [9.17, 15) is 9.59 Å². The van der Waals surface area contributed by atoms with Crippen LogP contribution in [0.5, 0.6) is 0 Å². The molecular formula is C24H28N4O3. The number of aromatic nitrogens is 2. The zero-order valence-electron chi connectivity index (χ0n) is 18.1. The van der Waals surface area contributed by atoms with E-state index in [2.05, 4.69) is 10.4 Å². The van der Waals surface area contributed by atoms with Crippen molar-refractivity contribution in [3.8, 4) is 0 Å². The lowest BCUT2D eigenvalue weighted by atomic mass is 9.90. The summed E-state index contributed by atoms with van der Waals surface area (Å²) in [5, 5.41) is 8.38. The lowest BCUT2D eigenvalue weighted by Crippen LogP contribution is -2.41. The molecule has 1 atom stereocenters. The van der Waals surface area contributed by atoms with E-state index >= 15 is 0 Å². The quantitative estimate of drug-likeness (QED) is 0.686. The minimum atomic E-state index is -0.159. The first-order chi connectivity index (χ1) is 15.0. The number of amides is 2. The van der Waals surface area contributed by atoms with Gasteiger partial charge in [0.25, 0.3) is 11.8 Å². The van der Waals surface area contributed by atoms with Gasteiger partial charge in [-0.1, -0.05) is 25.1 Å². The first-order valence-corrected chi connectivity index (χ1v) is 11.1. The summed E-state index contributed by atoms with van der Waals surface area (Å²) in [7, 11) is 1.83. The van der Waals surface area contributed by atoms with E-state index in [0.29, 0.717) is 23.9 Å². The van der Waals surface area contributed by atoms with E-state index in [0.717, 1.165) is 55.4 Å². The number of carbonyl (C=O) groups is 2. The maximum absolute atomic E-state index is 12.9. The number of likely N-dealkylation sites (tertiary alicyclic amines) is 1. The highest BCUT2D eigenvalue weighted by molar-refractivity contribution is 5.96. The minimum absolute atomic E-state index is 0.0694. The summed E-state index contributed by atoms with van der Waals surface area (Å²) in [6.07, 6.45) is 3.91. The Kier molecular flexibility index (Phi) is 4.84. The standard InChI is InChI=1S/C24H28N4O3/c1-3-18-13-19(27(2)26-18)23(30)28-10-8-24(9-11-28)14-17(24)15-25-22(29)21-12-16-6-4-5-7-20(16)31-21/h4-7,12-13,17H,3,8-11,14-15H2,1-2H3,(H,25,29). The number of nitrogens with zero attached hydrogens (tertiary/aromatic N) is 3. The number of rotatable bonds is 5. The third-order valence-electron chi connectivity index (χ3n) is 7.08. The van der Waals surface area contributed by atoms with Crippen LogP contribution < -0.4 is 5.32 Å². The van der Waals surface area contributed by atoms with Gasteiger partial charge in [-0.3, -0.25) is 14.3 Å². The summed E-state index contributed by atoms with van der Waals surface area (Å²) in [6.45, 7) is 4.23. The van der Waals surface area contributed by atoms with Gasteiger partial charge in [0.05, 0.1) is 5.69 Å². The topological polar surface area (TPSA) is 80.4 Å². The van der Waals surface area contributed by atoms with Gasteiger partial charge in [0.2, 0.25) is 0 Å². The van der Waals surface area contributed by atoms with Crippen LogP contribution in [-0.2, 0) is 13.5 Å². The number of fused-ring (bicyclic) bond motifs is 1. The average Bonchev–Trinajstić information content (AvgIpc) is 3.12. The van der Waals surface area contributed by atoms with Crippen molar-refractivity contribution in [1.82, 2.24) is 20.0 Å². The van der Waals surface area contributed by atoms with Gasteiger partial charge < -0.3 is 14.6 Å². The third kappa shape index (κ3) is 3.62. The van der Waals surface area contributed by atoms with Crippen LogP contribution in [0.25, 0.3) is 11.0 Å². The number of aryl methyl sites for hydroxylation is 2. The van der Waals surface area contributed by atoms with Crippen molar-refractivity contribution < 1.29 is 14.0 Å². The molecule has 7 nitrogen and oxygen atoms in total. The van der Waals surface area contributed by atoms with E-state index in [1.54, 1.807) is 10.7 Å². The fraction of sp³-hybridized carbons (Fsp3) is 0.458. The minimum Gasteiger partial charge on any atom is -0.451 e. The smallest absolute Gasteiger partial charge is 0.287 e. The molecule has 3 heterocycles. The number of piperidine rings is 1. The molecule has 0 radical (unpaired) electrons. The van der Waals surface area contributed by atoms with Crippen LogP contribution in [0.2, 0.25) is 0 Å². The van der Waals surface area contributed by atoms with Crippen molar-refractivity contribution in [3.05, 3.63) is 53.5 Å². The van der Waals surface area contributed by atoms with Crippen LogP contribution in [0.1, 0.15) is 52.9 Å². The van der Waals surface area contributed by atoms with Crippen LogP contribution in [0.15, 0.2) is 40.8 Å². The molecule has 1 saturated heterocycles. The van der Waals surface area contributed by atoms with Crippen molar-refractivity contribution in [2.45, 2.75) is 32.6 Å². The molecule has 1 saturated carbocycles. The summed E-state index contributed by atoms with van der Waals surface area (Å²) < 4.78 is 7.35. The molecule has 1 spiro atoms. The second kappa shape index (κ2) is 7.55. The number of furan rings is 1. The summed E-state index contributed by atoms with van der Waals surface area (Å²) >= 11 is 0. The maximum Gasteiger partial charge on any atom is 0.287 e. The molecule has 7 heteroatoms.